The first-order valence-corrected chi connectivity index (χ1v) is 7.19. The number of carbonyl (C=O) groups excluding carboxylic acids is 1. The SMILES string of the molecule is COC(=O)/C(=C/CO)c1ccccc1COc1cccc(C)n1. The second kappa shape index (κ2) is 8.10. The Labute approximate surface area is 135 Å². The fourth-order valence-electron chi connectivity index (χ4n) is 2.16. The predicted molar refractivity (Wildman–Crippen MR) is 86.8 cm³/mol. The van der Waals surface area contributed by atoms with Crippen molar-refractivity contribution in [1.82, 2.24) is 4.98 Å². The van der Waals surface area contributed by atoms with E-state index in [1.54, 1.807) is 12.1 Å². The van der Waals surface area contributed by atoms with Crippen LogP contribution < -0.4 is 4.74 Å². The standard InChI is InChI=1S/C18H19NO4/c1-13-6-5-9-17(19-13)23-12-14-7-3-4-8-15(14)16(10-11-20)18(21)22-2/h3-10,20H,11-12H2,1-2H3/b16-10+. The first kappa shape index (κ1) is 16.7. The molecule has 0 atom stereocenters. The fourth-order valence-corrected chi connectivity index (χ4v) is 2.16. The summed E-state index contributed by atoms with van der Waals surface area (Å²) in [5.74, 6) is 0.0192. The van der Waals surface area contributed by atoms with Gasteiger partial charge in [-0.2, -0.15) is 0 Å². The zero-order chi connectivity index (χ0) is 16.7. The van der Waals surface area contributed by atoms with Gasteiger partial charge in [0.05, 0.1) is 19.3 Å². The highest BCUT2D eigenvalue weighted by Crippen LogP contribution is 2.22. The zero-order valence-electron chi connectivity index (χ0n) is 13.2. The number of aliphatic hydroxyl groups is 1. The highest BCUT2D eigenvalue weighted by molar-refractivity contribution is 6.16. The molecule has 0 saturated heterocycles. The predicted octanol–water partition coefficient (Wildman–Crippen LogP) is 2.52. The molecule has 1 aromatic carbocycles. The van der Waals surface area contributed by atoms with Gasteiger partial charge in [-0.3, -0.25) is 0 Å². The third kappa shape index (κ3) is 4.40. The van der Waals surface area contributed by atoms with Crippen molar-refractivity contribution in [1.29, 1.82) is 0 Å². The van der Waals surface area contributed by atoms with Crippen molar-refractivity contribution in [2.24, 2.45) is 0 Å². The molecule has 0 aliphatic rings. The monoisotopic (exact) mass is 313 g/mol. The van der Waals surface area contributed by atoms with Crippen LogP contribution in [0.1, 0.15) is 16.8 Å². The molecule has 1 heterocycles. The van der Waals surface area contributed by atoms with Gasteiger partial charge in [0.2, 0.25) is 5.88 Å². The number of esters is 1. The van der Waals surface area contributed by atoms with Gasteiger partial charge in [-0.1, -0.05) is 30.3 Å². The highest BCUT2D eigenvalue weighted by atomic mass is 16.5. The second-order valence-corrected chi connectivity index (χ2v) is 4.85. The summed E-state index contributed by atoms with van der Waals surface area (Å²) in [5, 5.41) is 9.15. The summed E-state index contributed by atoms with van der Waals surface area (Å²) < 4.78 is 10.5. The number of nitrogens with zero attached hydrogens (tertiary/aromatic N) is 1. The molecular weight excluding hydrogens is 294 g/mol. The Morgan fingerprint density at radius 2 is 2.00 bits per heavy atom. The van der Waals surface area contributed by atoms with Crippen molar-refractivity contribution in [3.63, 3.8) is 0 Å². The average Bonchev–Trinajstić information content (AvgIpc) is 2.58. The molecule has 0 fully saturated rings. The van der Waals surface area contributed by atoms with Gasteiger partial charge in [-0.05, 0) is 30.2 Å². The van der Waals surface area contributed by atoms with E-state index < -0.39 is 5.97 Å². The van der Waals surface area contributed by atoms with Gasteiger partial charge in [-0.25, -0.2) is 9.78 Å². The smallest absolute Gasteiger partial charge is 0.338 e. The van der Waals surface area contributed by atoms with E-state index in [-0.39, 0.29) is 13.2 Å². The summed E-state index contributed by atoms with van der Waals surface area (Å²) >= 11 is 0. The van der Waals surface area contributed by atoms with Gasteiger partial charge in [0, 0.05) is 11.8 Å². The Kier molecular flexibility index (Phi) is 5.88. The molecule has 5 nitrogen and oxygen atoms in total. The lowest BCUT2D eigenvalue weighted by atomic mass is 10.00. The summed E-state index contributed by atoms with van der Waals surface area (Å²) in [6.07, 6.45) is 1.43. The maximum Gasteiger partial charge on any atom is 0.338 e. The number of hydrogen-bond donors (Lipinski definition) is 1. The van der Waals surface area contributed by atoms with Crippen molar-refractivity contribution in [2.45, 2.75) is 13.5 Å². The molecule has 2 rings (SSSR count). The maximum atomic E-state index is 11.9. The lowest BCUT2D eigenvalue weighted by molar-refractivity contribution is -0.133. The number of ether oxygens (including phenoxy) is 2. The van der Waals surface area contributed by atoms with E-state index in [0.717, 1.165) is 11.3 Å². The largest absolute Gasteiger partial charge is 0.473 e. The molecule has 2 aromatic rings. The van der Waals surface area contributed by atoms with Gasteiger partial charge >= 0.3 is 5.97 Å². The molecule has 0 spiro atoms. The van der Waals surface area contributed by atoms with Crippen LogP contribution in [0.2, 0.25) is 0 Å². The lowest BCUT2D eigenvalue weighted by Crippen LogP contribution is -2.08. The van der Waals surface area contributed by atoms with Gasteiger partial charge < -0.3 is 14.6 Å². The molecule has 0 amide bonds. The minimum absolute atomic E-state index is 0.251. The minimum atomic E-state index is -0.500. The number of hydrogen-bond acceptors (Lipinski definition) is 5. The molecule has 23 heavy (non-hydrogen) atoms. The molecule has 1 aromatic heterocycles. The first-order chi connectivity index (χ1) is 11.2. The summed E-state index contributed by atoms with van der Waals surface area (Å²) in [5.41, 5.74) is 2.65. The van der Waals surface area contributed by atoms with Gasteiger partial charge in [0.1, 0.15) is 6.61 Å². The third-order valence-electron chi connectivity index (χ3n) is 3.25. The fraction of sp³-hybridized carbons (Fsp3) is 0.222. The number of rotatable bonds is 6. The van der Waals surface area contributed by atoms with Crippen molar-refractivity contribution < 1.29 is 19.4 Å². The number of aromatic nitrogens is 1. The van der Waals surface area contributed by atoms with Gasteiger partial charge in [0.25, 0.3) is 0 Å². The summed E-state index contributed by atoms with van der Waals surface area (Å²) in [7, 11) is 1.31. The van der Waals surface area contributed by atoms with E-state index in [2.05, 4.69) is 4.98 Å². The van der Waals surface area contributed by atoms with Crippen LogP contribution in [-0.2, 0) is 16.1 Å². The normalized spacial score (nSPS) is 11.2. The van der Waals surface area contributed by atoms with Crippen LogP contribution in [0, 0.1) is 6.92 Å². The Hall–Kier alpha value is -2.66. The molecule has 1 N–H and O–H groups in total. The quantitative estimate of drug-likeness (QED) is 0.655. The van der Waals surface area contributed by atoms with Crippen LogP contribution in [0.15, 0.2) is 48.5 Å². The van der Waals surface area contributed by atoms with E-state index in [9.17, 15) is 4.79 Å². The lowest BCUT2D eigenvalue weighted by Gasteiger charge is -2.12. The highest BCUT2D eigenvalue weighted by Gasteiger charge is 2.15. The van der Waals surface area contributed by atoms with Crippen molar-refractivity contribution >= 4 is 11.5 Å². The van der Waals surface area contributed by atoms with Crippen molar-refractivity contribution in [3.8, 4) is 5.88 Å². The van der Waals surface area contributed by atoms with Crippen LogP contribution in [0.5, 0.6) is 5.88 Å². The Morgan fingerprint density at radius 1 is 1.22 bits per heavy atom. The molecule has 120 valence electrons. The van der Waals surface area contributed by atoms with E-state index in [1.807, 2.05) is 37.3 Å². The second-order valence-electron chi connectivity index (χ2n) is 4.85. The number of pyridine rings is 1. The van der Waals surface area contributed by atoms with E-state index in [1.165, 1.54) is 13.2 Å². The maximum absolute atomic E-state index is 11.9. The van der Waals surface area contributed by atoms with E-state index in [0.29, 0.717) is 17.0 Å². The third-order valence-corrected chi connectivity index (χ3v) is 3.25. The van der Waals surface area contributed by atoms with Crippen LogP contribution in [-0.4, -0.2) is 29.8 Å². The van der Waals surface area contributed by atoms with Crippen LogP contribution in [0.4, 0.5) is 0 Å². The van der Waals surface area contributed by atoms with Crippen molar-refractivity contribution in [3.05, 3.63) is 65.4 Å². The number of benzene rings is 1. The summed E-state index contributed by atoms with van der Waals surface area (Å²) in [4.78, 5) is 16.2. The number of carbonyl (C=O) groups is 1. The number of methoxy groups -OCH3 is 1. The topological polar surface area (TPSA) is 68.7 Å². The molecule has 0 radical (unpaired) electrons. The molecule has 0 aliphatic heterocycles. The summed E-state index contributed by atoms with van der Waals surface area (Å²) in [6, 6.07) is 12.9. The molecule has 5 heteroatoms. The number of aryl methyl sites for hydroxylation is 1. The minimum Gasteiger partial charge on any atom is -0.473 e. The van der Waals surface area contributed by atoms with Crippen LogP contribution in [0.3, 0.4) is 0 Å². The first-order valence-electron chi connectivity index (χ1n) is 7.19. The van der Waals surface area contributed by atoms with Crippen LogP contribution >= 0.6 is 0 Å². The van der Waals surface area contributed by atoms with Crippen LogP contribution in [0.25, 0.3) is 5.57 Å². The molecule has 0 unspecified atom stereocenters. The molecule has 0 bridgehead atoms. The molecular formula is C18H19NO4. The van der Waals surface area contributed by atoms with Crippen molar-refractivity contribution in [2.75, 3.05) is 13.7 Å². The summed E-state index contributed by atoms with van der Waals surface area (Å²) in [6.45, 7) is 1.89. The van der Waals surface area contributed by atoms with E-state index in [4.69, 9.17) is 14.6 Å². The van der Waals surface area contributed by atoms with E-state index >= 15 is 0 Å². The Balaban J connectivity index is 2.26. The number of aliphatic hydroxyl groups excluding tert-OH is 1. The van der Waals surface area contributed by atoms with Gasteiger partial charge in [-0.15, -0.1) is 0 Å². The average molecular weight is 313 g/mol. The van der Waals surface area contributed by atoms with Gasteiger partial charge in [0.15, 0.2) is 0 Å². The zero-order valence-corrected chi connectivity index (χ0v) is 13.2. The molecule has 0 aliphatic carbocycles. The Bertz CT molecular complexity index is 710. The molecule has 0 saturated carbocycles. The Morgan fingerprint density at radius 3 is 2.70 bits per heavy atom.